The maximum atomic E-state index is 13.7. The Morgan fingerprint density at radius 3 is 2.33 bits per heavy atom. The predicted molar refractivity (Wildman–Crippen MR) is 118 cm³/mol. The lowest BCUT2D eigenvalue weighted by Gasteiger charge is -2.26. The van der Waals surface area contributed by atoms with Crippen molar-refractivity contribution in [3.63, 3.8) is 0 Å². The Balaban J connectivity index is 2.00. The minimum Gasteiger partial charge on any atom is -0.444 e. The van der Waals surface area contributed by atoms with Gasteiger partial charge >= 0.3 is 6.09 Å². The number of alkyl carbamates (subject to hydrolysis) is 1. The molecular formula is C22H24Br2F2N2O2. The Bertz CT molecular complexity index is 941. The van der Waals surface area contributed by atoms with Gasteiger partial charge in [-0.1, -0.05) is 0 Å². The van der Waals surface area contributed by atoms with Crippen LogP contribution in [0.3, 0.4) is 0 Å². The van der Waals surface area contributed by atoms with Crippen LogP contribution in [0.2, 0.25) is 0 Å². The van der Waals surface area contributed by atoms with E-state index < -0.39 is 29.4 Å². The lowest BCUT2D eigenvalue weighted by Crippen LogP contribution is -2.36. The van der Waals surface area contributed by atoms with Gasteiger partial charge in [-0.15, -0.1) is 0 Å². The Labute approximate surface area is 192 Å². The number of hydrogen-bond acceptors (Lipinski definition) is 3. The quantitative estimate of drug-likeness (QED) is 0.442. The van der Waals surface area contributed by atoms with E-state index in [4.69, 9.17) is 4.74 Å². The molecule has 0 fully saturated rings. The van der Waals surface area contributed by atoms with Gasteiger partial charge in [0.05, 0.1) is 11.7 Å². The Morgan fingerprint density at radius 2 is 1.73 bits per heavy atom. The Morgan fingerprint density at radius 1 is 1.13 bits per heavy atom. The van der Waals surface area contributed by atoms with Gasteiger partial charge in [0.1, 0.15) is 21.8 Å². The van der Waals surface area contributed by atoms with Gasteiger partial charge < -0.3 is 10.1 Å². The van der Waals surface area contributed by atoms with Crippen molar-refractivity contribution in [2.24, 2.45) is 0 Å². The molecule has 0 radical (unpaired) electrons. The van der Waals surface area contributed by atoms with E-state index in [0.29, 0.717) is 11.3 Å². The average molecular weight is 546 g/mol. The molecule has 2 aromatic rings. The molecule has 1 N–H and O–H groups in total. The second-order valence-corrected chi connectivity index (χ2v) is 9.99. The van der Waals surface area contributed by atoms with E-state index in [0.717, 1.165) is 52.0 Å². The van der Waals surface area contributed by atoms with E-state index in [1.54, 1.807) is 20.8 Å². The van der Waals surface area contributed by atoms with Crippen molar-refractivity contribution >= 4 is 38.0 Å². The topological polar surface area (TPSA) is 51.2 Å². The van der Waals surface area contributed by atoms with Crippen molar-refractivity contribution < 1.29 is 18.3 Å². The van der Waals surface area contributed by atoms with Crippen LogP contribution in [0.1, 0.15) is 62.0 Å². The molecule has 8 heteroatoms. The van der Waals surface area contributed by atoms with E-state index >= 15 is 0 Å². The van der Waals surface area contributed by atoms with Gasteiger partial charge in [0, 0.05) is 10.5 Å². The number of nitrogens with zero attached hydrogens (tertiary/aromatic N) is 1. The van der Waals surface area contributed by atoms with Crippen LogP contribution in [0.4, 0.5) is 13.6 Å². The molecule has 1 amide bonds. The molecule has 30 heavy (non-hydrogen) atoms. The molecular weight excluding hydrogens is 522 g/mol. The first kappa shape index (κ1) is 23.1. The molecule has 1 heterocycles. The number of halogens is 4. The lowest BCUT2D eigenvalue weighted by molar-refractivity contribution is 0.0502. The highest BCUT2D eigenvalue weighted by Crippen LogP contribution is 2.37. The summed E-state index contributed by atoms with van der Waals surface area (Å²) in [7, 11) is 0. The number of nitrogens with one attached hydrogen (secondary N) is 1. The number of hydrogen-bond donors (Lipinski definition) is 1. The summed E-state index contributed by atoms with van der Waals surface area (Å²) >= 11 is 7.23. The van der Waals surface area contributed by atoms with Crippen molar-refractivity contribution in [2.45, 2.75) is 64.5 Å². The number of pyridine rings is 1. The number of fused-ring (bicyclic) bond motifs is 1. The van der Waals surface area contributed by atoms with Crippen LogP contribution >= 0.6 is 31.9 Å². The van der Waals surface area contributed by atoms with Gasteiger partial charge in [0.2, 0.25) is 0 Å². The zero-order chi connectivity index (χ0) is 22.1. The molecule has 3 rings (SSSR count). The van der Waals surface area contributed by atoms with Crippen LogP contribution in [0.5, 0.6) is 0 Å². The fourth-order valence-corrected chi connectivity index (χ4v) is 5.04. The molecule has 162 valence electrons. The molecule has 1 aromatic heterocycles. The normalized spacial score (nSPS) is 14.8. The summed E-state index contributed by atoms with van der Waals surface area (Å²) in [4.78, 5) is 17.2. The average Bonchev–Trinajstić information content (AvgIpc) is 2.62. The summed E-state index contributed by atoms with van der Waals surface area (Å²) in [6, 6.07) is 2.70. The molecule has 0 saturated carbocycles. The van der Waals surface area contributed by atoms with Gasteiger partial charge in [-0.25, -0.2) is 18.6 Å². The molecule has 1 atom stereocenters. The first-order valence-electron chi connectivity index (χ1n) is 9.84. The smallest absolute Gasteiger partial charge is 0.408 e. The van der Waals surface area contributed by atoms with E-state index in [1.807, 2.05) is 0 Å². The van der Waals surface area contributed by atoms with Crippen LogP contribution < -0.4 is 5.32 Å². The molecule has 0 bridgehead atoms. The standard InChI is InChI=1S/C22H24Br2F2N2O2/c1-22(2,3)30-21(29)27-17(10-12-8-13(25)11-14(26)9-12)19-18(23)15-6-4-5-7-16(15)20(24)28-19/h8-9,11,17H,4-7,10H2,1-3H3,(H,27,29). The highest BCUT2D eigenvalue weighted by atomic mass is 79.9. The number of ether oxygens (including phenoxy) is 1. The zero-order valence-corrected chi connectivity index (χ0v) is 20.3. The van der Waals surface area contributed by atoms with Gasteiger partial charge in [-0.2, -0.15) is 0 Å². The lowest BCUT2D eigenvalue weighted by atomic mass is 9.91. The van der Waals surface area contributed by atoms with E-state index in [1.165, 1.54) is 12.1 Å². The minimum absolute atomic E-state index is 0.157. The summed E-state index contributed by atoms with van der Waals surface area (Å²) in [5, 5.41) is 2.83. The summed E-state index contributed by atoms with van der Waals surface area (Å²) in [5.41, 5.74) is 2.64. The van der Waals surface area contributed by atoms with Crippen molar-refractivity contribution in [2.75, 3.05) is 0 Å². The molecule has 4 nitrogen and oxygen atoms in total. The van der Waals surface area contributed by atoms with E-state index in [9.17, 15) is 13.6 Å². The number of carbonyl (C=O) groups is 1. The van der Waals surface area contributed by atoms with Crippen LogP contribution in [-0.2, 0) is 24.0 Å². The number of aromatic nitrogens is 1. The van der Waals surface area contributed by atoms with Crippen LogP contribution in [0.25, 0.3) is 0 Å². The second-order valence-electron chi connectivity index (χ2n) is 8.45. The van der Waals surface area contributed by atoms with Crippen LogP contribution in [-0.4, -0.2) is 16.7 Å². The summed E-state index contributed by atoms with van der Waals surface area (Å²) < 4.78 is 34.5. The third-order valence-corrected chi connectivity index (χ3v) is 6.35. The number of amides is 1. The molecule has 0 saturated heterocycles. The SMILES string of the molecule is CC(C)(C)OC(=O)NC(Cc1cc(F)cc(F)c1)c1nc(Br)c2c(c1Br)CCCC2. The first-order valence-corrected chi connectivity index (χ1v) is 11.4. The van der Waals surface area contributed by atoms with Gasteiger partial charge in [-0.05, 0) is 114 Å². The van der Waals surface area contributed by atoms with Gasteiger partial charge in [-0.3, -0.25) is 0 Å². The van der Waals surface area contributed by atoms with Crippen molar-refractivity contribution in [3.05, 3.63) is 61.3 Å². The van der Waals surface area contributed by atoms with Crippen LogP contribution in [0.15, 0.2) is 27.3 Å². The summed E-state index contributed by atoms with van der Waals surface area (Å²) in [6.07, 6.45) is 3.54. The highest BCUT2D eigenvalue weighted by Gasteiger charge is 2.27. The highest BCUT2D eigenvalue weighted by molar-refractivity contribution is 9.11. The number of carbonyl (C=O) groups excluding carboxylic acids is 1. The number of rotatable bonds is 4. The molecule has 0 aliphatic heterocycles. The maximum absolute atomic E-state index is 13.7. The van der Waals surface area contributed by atoms with E-state index in [2.05, 4.69) is 42.2 Å². The minimum atomic E-state index is -0.680. The van der Waals surface area contributed by atoms with Gasteiger partial charge in [0.25, 0.3) is 0 Å². The van der Waals surface area contributed by atoms with Crippen molar-refractivity contribution in [3.8, 4) is 0 Å². The Hall–Kier alpha value is -1.54. The molecule has 1 aliphatic carbocycles. The van der Waals surface area contributed by atoms with Crippen LogP contribution in [0, 0.1) is 11.6 Å². The monoisotopic (exact) mass is 544 g/mol. The summed E-state index contributed by atoms with van der Waals surface area (Å²) in [6.45, 7) is 5.31. The largest absolute Gasteiger partial charge is 0.444 e. The Kier molecular flexibility index (Phi) is 7.17. The van der Waals surface area contributed by atoms with E-state index in [-0.39, 0.29) is 6.42 Å². The molecule has 1 aromatic carbocycles. The third-order valence-electron chi connectivity index (χ3n) is 4.81. The fraction of sp³-hybridized carbons (Fsp3) is 0.455. The molecule has 1 unspecified atom stereocenters. The summed E-state index contributed by atoms with van der Waals surface area (Å²) in [5.74, 6) is -1.33. The maximum Gasteiger partial charge on any atom is 0.408 e. The van der Waals surface area contributed by atoms with Gasteiger partial charge in [0.15, 0.2) is 0 Å². The van der Waals surface area contributed by atoms with Crippen molar-refractivity contribution in [1.29, 1.82) is 0 Å². The fourth-order valence-electron chi connectivity index (χ4n) is 3.61. The predicted octanol–water partition coefficient (Wildman–Crippen LogP) is 6.57. The molecule has 0 spiro atoms. The first-order chi connectivity index (χ1) is 14.0. The van der Waals surface area contributed by atoms with Crippen molar-refractivity contribution in [1.82, 2.24) is 10.3 Å². The molecule has 1 aliphatic rings. The zero-order valence-electron chi connectivity index (χ0n) is 17.1. The number of benzene rings is 1. The third kappa shape index (κ3) is 5.78. The second kappa shape index (κ2) is 9.30.